The van der Waals surface area contributed by atoms with E-state index >= 15 is 0 Å². The second kappa shape index (κ2) is 7.38. The monoisotopic (exact) mass is 285 g/mol. The topological polar surface area (TPSA) is 46.2 Å². The highest BCUT2D eigenvalue weighted by Gasteiger charge is 2.23. The van der Waals surface area contributed by atoms with Gasteiger partial charge in [-0.3, -0.25) is 9.00 Å². The minimum atomic E-state index is -1.54. The maximum absolute atomic E-state index is 13.1. The second-order valence-electron chi connectivity index (χ2n) is 4.42. The minimum Gasteiger partial charge on any atom is -0.352 e. The van der Waals surface area contributed by atoms with Gasteiger partial charge in [0.05, 0.1) is 10.8 Å². The lowest BCUT2D eigenvalue weighted by molar-refractivity contribution is -0.121. The number of rotatable bonds is 6. The summed E-state index contributed by atoms with van der Waals surface area (Å²) in [6.07, 6.45) is 1.67. The normalized spacial score (nSPS) is 14.2. The lowest BCUT2D eigenvalue weighted by Crippen LogP contribution is -2.41. The van der Waals surface area contributed by atoms with Crippen LogP contribution in [0.4, 0.5) is 4.39 Å². The molecule has 106 valence electrons. The van der Waals surface area contributed by atoms with E-state index in [0.29, 0.717) is 4.90 Å². The van der Waals surface area contributed by atoms with Gasteiger partial charge in [0.25, 0.3) is 0 Å². The average molecular weight is 285 g/mol. The molecule has 0 aliphatic heterocycles. The van der Waals surface area contributed by atoms with Crippen LogP contribution in [0.5, 0.6) is 0 Å². The SMILES string of the molecule is CCC(CC)NC(=O)C(C)S(=O)c1cccc(F)c1. The second-order valence-corrected chi connectivity index (χ2v) is 6.19. The summed E-state index contributed by atoms with van der Waals surface area (Å²) in [5, 5.41) is 2.16. The molecule has 1 N–H and O–H groups in total. The highest BCUT2D eigenvalue weighted by Crippen LogP contribution is 2.13. The van der Waals surface area contributed by atoms with Crippen molar-refractivity contribution in [3.63, 3.8) is 0 Å². The van der Waals surface area contributed by atoms with E-state index in [1.54, 1.807) is 13.0 Å². The van der Waals surface area contributed by atoms with Crippen LogP contribution < -0.4 is 5.32 Å². The van der Waals surface area contributed by atoms with E-state index in [-0.39, 0.29) is 11.9 Å². The van der Waals surface area contributed by atoms with Crippen molar-refractivity contribution < 1.29 is 13.4 Å². The maximum atomic E-state index is 13.1. The standard InChI is InChI=1S/C14H20FNO2S/c1-4-12(5-2)16-14(17)10(3)19(18)13-8-6-7-11(15)9-13/h6-10,12H,4-5H2,1-3H3,(H,16,17). The first-order valence-electron chi connectivity index (χ1n) is 6.46. The molecule has 0 saturated carbocycles. The van der Waals surface area contributed by atoms with E-state index in [9.17, 15) is 13.4 Å². The first-order valence-corrected chi connectivity index (χ1v) is 7.67. The van der Waals surface area contributed by atoms with Gasteiger partial charge in [-0.05, 0) is 38.0 Å². The molecule has 0 aromatic heterocycles. The Morgan fingerprint density at radius 1 is 1.37 bits per heavy atom. The predicted molar refractivity (Wildman–Crippen MR) is 74.8 cm³/mol. The molecule has 2 unspecified atom stereocenters. The van der Waals surface area contributed by atoms with Crippen molar-refractivity contribution in [2.45, 2.75) is 49.8 Å². The molecule has 1 amide bonds. The third kappa shape index (κ3) is 4.42. The van der Waals surface area contributed by atoms with Gasteiger partial charge in [-0.2, -0.15) is 0 Å². The van der Waals surface area contributed by atoms with Gasteiger partial charge in [-0.25, -0.2) is 4.39 Å². The Labute approximate surface area is 116 Å². The van der Waals surface area contributed by atoms with Crippen molar-refractivity contribution in [2.24, 2.45) is 0 Å². The Morgan fingerprint density at radius 2 is 2.00 bits per heavy atom. The minimum absolute atomic E-state index is 0.0967. The van der Waals surface area contributed by atoms with E-state index in [2.05, 4.69) is 5.32 Å². The van der Waals surface area contributed by atoms with Crippen molar-refractivity contribution in [1.82, 2.24) is 5.32 Å². The predicted octanol–water partition coefficient (Wildman–Crippen LogP) is 2.63. The third-order valence-corrected chi connectivity index (χ3v) is 4.63. The highest BCUT2D eigenvalue weighted by molar-refractivity contribution is 7.86. The van der Waals surface area contributed by atoms with Gasteiger partial charge < -0.3 is 5.32 Å². The fourth-order valence-electron chi connectivity index (χ4n) is 1.70. The van der Waals surface area contributed by atoms with Crippen LogP contribution in [-0.2, 0) is 15.6 Å². The lowest BCUT2D eigenvalue weighted by atomic mass is 10.2. The van der Waals surface area contributed by atoms with Gasteiger partial charge in [-0.15, -0.1) is 0 Å². The molecule has 0 aliphatic carbocycles. The smallest absolute Gasteiger partial charge is 0.236 e. The molecule has 3 nitrogen and oxygen atoms in total. The van der Waals surface area contributed by atoms with Gasteiger partial charge in [0.2, 0.25) is 5.91 Å². The summed E-state index contributed by atoms with van der Waals surface area (Å²) >= 11 is 0. The Hall–Kier alpha value is -1.23. The Morgan fingerprint density at radius 3 is 2.53 bits per heavy atom. The molecule has 0 radical (unpaired) electrons. The highest BCUT2D eigenvalue weighted by atomic mass is 32.2. The molecule has 0 aliphatic rings. The molecule has 1 aromatic carbocycles. The fourth-order valence-corrected chi connectivity index (χ4v) is 2.82. The molecular weight excluding hydrogens is 265 g/mol. The molecule has 19 heavy (non-hydrogen) atoms. The molecule has 0 saturated heterocycles. The third-order valence-electron chi connectivity index (χ3n) is 3.05. The zero-order valence-electron chi connectivity index (χ0n) is 11.5. The van der Waals surface area contributed by atoms with Crippen LogP contribution in [0, 0.1) is 5.82 Å². The van der Waals surface area contributed by atoms with Crippen LogP contribution in [0.15, 0.2) is 29.2 Å². The molecule has 1 aromatic rings. The van der Waals surface area contributed by atoms with E-state index in [1.807, 2.05) is 13.8 Å². The van der Waals surface area contributed by atoms with Crippen LogP contribution in [0.1, 0.15) is 33.6 Å². The number of hydrogen-bond donors (Lipinski definition) is 1. The zero-order chi connectivity index (χ0) is 14.4. The first-order chi connectivity index (χ1) is 8.99. The first kappa shape index (κ1) is 15.8. The molecule has 0 spiro atoms. The fraction of sp³-hybridized carbons (Fsp3) is 0.500. The molecular formula is C14H20FNO2S. The number of carbonyl (C=O) groups excluding carboxylic acids is 1. The number of benzene rings is 1. The molecule has 2 atom stereocenters. The van der Waals surface area contributed by atoms with Crippen LogP contribution in [0.25, 0.3) is 0 Å². The van der Waals surface area contributed by atoms with Gasteiger partial charge in [-0.1, -0.05) is 19.9 Å². The molecule has 1 rings (SSSR count). The van der Waals surface area contributed by atoms with E-state index < -0.39 is 21.9 Å². The number of halogens is 1. The van der Waals surface area contributed by atoms with Gasteiger partial charge in [0.1, 0.15) is 11.1 Å². The summed E-state index contributed by atoms with van der Waals surface area (Å²) in [4.78, 5) is 12.3. The summed E-state index contributed by atoms with van der Waals surface area (Å²) in [7, 11) is -1.54. The van der Waals surface area contributed by atoms with E-state index in [0.717, 1.165) is 12.8 Å². The number of hydrogen-bond acceptors (Lipinski definition) is 2. The van der Waals surface area contributed by atoms with Crippen molar-refractivity contribution >= 4 is 16.7 Å². The van der Waals surface area contributed by atoms with Crippen molar-refractivity contribution in [2.75, 3.05) is 0 Å². The number of nitrogens with one attached hydrogen (secondary N) is 1. The Balaban J connectivity index is 2.74. The van der Waals surface area contributed by atoms with Crippen LogP contribution in [-0.4, -0.2) is 21.4 Å². The van der Waals surface area contributed by atoms with Gasteiger partial charge >= 0.3 is 0 Å². The summed E-state index contributed by atoms with van der Waals surface area (Å²) in [5.74, 6) is -0.699. The summed E-state index contributed by atoms with van der Waals surface area (Å²) in [6, 6.07) is 5.65. The van der Waals surface area contributed by atoms with Crippen molar-refractivity contribution in [3.8, 4) is 0 Å². The summed E-state index contributed by atoms with van der Waals surface area (Å²) in [5.41, 5.74) is 0. The maximum Gasteiger partial charge on any atom is 0.236 e. The molecule has 5 heteroatoms. The largest absolute Gasteiger partial charge is 0.352 e. The van der Waals surface area contributed by atoms with Crippen LogP contribution >= 0.6 is 0 Å². The summed E-state index contributed by atoms with van der Waals surface area (Å²) in [6.45, 7) is 5.57. The number of amides is 1. The number of carbonyl (C=O) groups is 1. The lowest BCUT2D eigenvalue weighted by Gasteiger charge is -2.18. The van der Waals surface area contributed by atoms with Crippen LogP contribution in [0.2, 0.25) is 0 Å². The van der Waals surface area contributed by atoms with Crippen LogP contribution in [0.3, 0.4) is 0 Å². The summed E-state index contributed by atoms with van der Waals surface area (Å²) < 4.78 is 25.3. The van der Waals surface area contributed by atoms with Crippen molar-refractivity contribution in [3.05, 3.63) is 30.1 Å². The van der Waals surface area contributed by atoms with E-state index in [4.69, 9.17) is 0 Å². The molecule has 0 fully saturated rings. The van der Waals surface area contributed by atoms with Crippen molar-refractivity contribution in [1.29, 1.82) is 0 Å². The average Bonchev–Trinajstić information content (AvgIpc) is 2.42. The molecule has 0 heterocycles. The Kier molecular flexibility index (Phi) is 6.15. The van der Waals surface area contributed by atoms with Gasteiger partial charge in [0.15, 0.2) is 0 Å². The van der Waals surface area contributed by atoms with Gasteiger partial charge in [0, 0.05) is 10.9 Å². The Bertz CT molecular complexity index is 461. The quantitative estimate of drug-likeness (QED) is 0.873. The molecule has 0 bridgehead atoms. The van der Waals surface area contributed by atoms with E-state index in [1.165, 1.54) is 18.2 Å². The zero-order valence-corrected chi connectivity index (χ0v) is 12.3.